The fourth-order valence-corrected chi connectivity index (χ4v) is 3.12. The van der Waals surface area contributed by atoms with Crippen LogP contribution in [0, 0.1) is 0 Å². The molecule has 0 aliphatic carbocycles. The molecule has 0 fully saturated rings. The van der Waals surface area contributed by atoms with E-state index in [9.17, 15) is 14.4 Å². The molecular formula is C26H25NO4. The summed E-state index contributed by atoms with van der Waals surface area (Å²) in [4.78, 5) is 37.8. The molecule has 5 nitrogen and oxygen atoms in total. The molecule has 158 valence electrons. The molecule has 0 aromatic heterocycles. The Morgan fingerprint density at radius 3 is 2.00 bits per heavy atom. The van der Waals surface area contributed by atoms with Crippen molar-refractivity contribution >= 4 is 17.7 Å². The molecule has 0 spiro atoms. The summed E-state index contributed by atoms with van der Waals surface area (Å²) in [6.45, 7) is 1.66. The van der Waals surface area contributed by atoms with Gasteiger partial charge in [-0.15, -0.1) is 0 Å². The highest BCUT2D eigenvalue weighted by atomic mass is 16.5. The third-order valence-electron chi connectivity index (χ3n) is 4.94. The van der Waals surface area contributed by atoms with E-state index in [0.717, 1.165) is 17.5 Å². The number of benzene rings is 3. The Morgan fingerprint density at radius 2 is 1.39 bits per heavy atom. The van der Waals surface area contributed by atoms with Crippen molar-refractivity contribution in [1.29, 1.82) is 0 Å². The van der Waals surface area contributed by atoms with Gasteiger partial charge in [-0.05, 0) is 29.7 Å². The van der Waals surface area contributed by atoms with Gasteiger partial charge in [0.15, 0.2) is 12.4 Å². The van der Waals surface area contributed by atoms with E-state index in [1.165, 1.54) is 0 Å². The van der Waals surface area contributed by atoms with Crippen molar-refractivity contribution in [3.63, 3.8) is 0 Å². The first kappa shape index (κ1) is 22.0. The maximum absolute atomic E-state index is 12.8. The summed E-state index contributed by atoms with van der Waals surface area (Å²) >= 11 is 0. The van der Waals surface area contributed by atoms with E-state index in [4.69, 9.17) is 4.74 Å². The monoisotopic (exact) mass is 415 g/mol. The van der Waals surface area contributed by atoms with E-state index in [1.54, 1.807) is 36.4 Å². The molecule has 0 aliphatic heterocycles. The van der Waals surface area contributed by atoms with Crippen LogP contribution in [0.1, 0.15) is 38.8 Å². The number of ether oxygens (including phenoxy) is 1. The number of carbonyl (C=O) groups excluding carboxylic acids is 3. The Morgan fingerprint density at radius 1 is 0.774 bits per heavy atom. The highest BCUT2D eigenvalue weighted by Gasteiger charge is 2.24. The molecule has 0 radical (unpaired) electrons. The normalized spacial score (nSPS) is 11.4. The lowest BCUT2D eigenvalue weighted by atomic mass is 10.1. The Balaban J connectivity index is 1.67. The number of aryl methyl sites for hydroxylation is 1. The van der Waals surface area contributed by atoms with Crippen molar-refractivity contribution in [2.24, 2.45) is 0 Å². The van der Waals surface area contributed by atoms with Crippen LogP contribution >= 0.6 is 0 Å². The largest absolute Gasteiger partial charge is 0.456 e. The Bertz CT molecular complexity index is 1010. The third kappa shape index (κ3) is 6.37. The molecule has 3 aromatic carbocycles. The average Bonchev–Trinajstić information content (AvgIpc) is 2.83. The lowest BCUT2D eigenvalue weighted by molar-refractivity contribution is -0.144. The molecule has 0 saturated carbocycles. The van der Waals surface area contributed by atoms with Gasteiger partial charge in [-0.3, -0.25) is 9.59 Å². The van der Waals surface area contributed by atoms with E-state index in [2.05, 4.69) is 5.32 Å². The molecule has 5 heteroatoms. The zero-order valence-electron chi connectivity index (χ0n) is 17.4. The minimum atomic E-state index is -0.912. The summed E-state index contributed by atoms with van der Waals surface area (Å²) in [7, 11) is 0. The number of ketones is 1. The Kier molecular flexibility index (Phi) is 7.71. The number of hydrogen-bond donors (Lipinski definition) is 1. The number of Topliss-reactive ketones (excluding diaryl/α,β-unsaturated/α-hetero) is 1. The van der Waals surface area contributed by atoms with Crippen LogP contribution in [-0.4, -0.2) is 30.3 Å². The average molecular weight is 415 g/mol. The van der Waals surface area contributed by atoms with Gasteiger partial charge in [0, 0.05) is 17.5 Å². The number of hydrogen-bond acceptors (Lipinski definition) is 4. The smallest absolute Gasteiger partial charge is 0.329 e. The fourth-order valence-electron chi connectivity index (χ4n) is 3.12. The van der Waals surface area contributed by atoms with E-state index < -0.39 is 12.0 Å². The number of esters is 1. The predicted octanol–water partition coefficient (Wildman–Crippen LogP) is 4.02. The predicted molar refractivity (Wildman–Crippen MR) is 119 cm³/mol. The molecular weight excluding hydrogens is 390 g/mol. The van der Waals surface area contributed by atoms with Crippen LogP contribution in [0.5, 0.6) is 0 Å². The molecule has 1 N–H and O–H groups in total. The molecule has 1 amide bonds. The van der Waals surface area contributed by atoms with E-state index in [1.807, 2.05) is 55.5 Å². The molecule has 1 atom stereocenters. The number of carbonyl (C=O) groups is 3. The highest BCUT2D eigenvalue weighted by Crippen LogP contribution is 2.09. The molecule has 0 bridgehead atoms. The van der Waals surface area contributed by atoms with Crippen molar-refractivity contribution < 1.29 is 19.1 Å². The van der Waals surface area contributed by atoms with Crippen LogP contribution in [0.4, 0.5) is 0 Å². The lowest BCUT2D eigenvalue weighted by Gasteiger charge is -2.18. The minimum absolute atomic E-state index is 0.262. The molecule has 31 heavy (non-hydrogen) atoms. The standard InChI is InChI=1S/C26H25NO4/c1-2-19-13-15-21(16-14-19)24(28)18-31-26(30)23(17-20-9-5-3-6-10-20)27-25(29)22-11-7-4-8-12-22/h3-16,23H,2,17-18H2,1H3,(H,27,29)/t23-/m0/s1. The summed E-state index contributed by atoms with van der Waals surface area (Å²) in [5.74, 6) is -1.31. The van der Waals surface area contributed by atoms with Crippen LogP contribution in [-0.2, 0) is 22.4 Å². The highest BCUT2D eigenvalue weighted by molar-refractivity contribution is 5.99. The van der Waals surface area contributed by atoms with Crippen LogP contribution in [0.15, 0.2) is 84.9 Å². The van der Waals surface area contributed by atoms with Gasteiger partial charge in [0.05, 0.1) is 0 Å². The zero-order valence-corrected chi connectivity index (χ0v) is 17.4. The number of amides is 1. The van der Waals surface area contributed by atoms with Crippen LogP contribution in [0.2, 0.25) is 0 Å². The molecule has 0 unspecified atom stereocenters. The lowest BCUT2D eigenvalue weighted by Crippen LogP contribution is -2.43. The second-order valence-corrected chi connectivity index (χ2v) is 7.16. The second kappa shape index (κ2) is 10.9. The third-order valence-corrected chi connectivity index (χ3v) is 4.94. The van der Waals surface area contributed by atoms with E-state index >= 15 is 0 Å². The summed E-state index contributed by atoms with van der Waals surface area (Å²) in [5.41, 5.74) is 2.93. The maximum Gasteiger partial charge on any atom is 0.329 e. The van der Waals surface area contributed by atoms with Gasteiger partial charge in [0.2, 0.25) is 0 Å². The maximum atomic E-state index is 12.8. The molecule has 3 aromatic rings. The molecule has 0 aliphatic rings. The van der Waals surface area contributed by atoms with E-state index in [0.29, 0.717) is 11.1 Å². The molecule has 0 heterocycles. The van der Waals surface area contributed by atoms with Crippen LogP contribution < -0.4 is 5.32 Å². The zero-order chi connectivity index (χ0) is 22.1. The molecule has 0 saturated heterocycles. The van der Waals surface area contributed by atoms with Gasteiger partial charge in [0.25, 0.3) is 5.91 Å². The molecule has 3 rings (SSSR count). The SMILES string of the molecule is CCc1ccc(C(=O)COC(=O)[C@H](Cc2ccccc2)NC(=O)c2ccccc2)cc1. The Labute approximate surface area is 182 Å². The second-order valence-electron chi connectivity index (χ2n) is 7.16. The number of nitrogens with one attached hydrogen (secondary N) is 1. The first-order chi connectivity index (χ1) is 15.1. The summed E-state index contributed by atoms with van der Waals surface area (Å²) in [5, 5.41) is 2.74. The first-order valence-corrected chi connectivity index (χ1v) is 10.3. The topological polar surface area (TPSA) is 72.5 Å². The van der Waals surface area contributed by atoms with Crippen molar-refractivity contribution in [2.75, 3.05) is 6.61 Å². The summed E-state index contributed by atoms with van der Waals surface area (Å²) < 4.78 is 5.28. The van der Waals surface area contributed by atoms with Crippen LogP contribution in [0.3, 0.4) is 0 Å². The fraction of sp³-hybridized carbons (Fsp3) is 0.192. The van der Waals surface area contributed by atoms with Crippen molar-refractivity contribution in [3.8, 4) is 0 Å². The van der Waals surface area contributed by atoms with Gasteiger partial charge in [-0.25, -0.2) is 4.79 Å². The Hall–Kier alpha value is -3.73. The van der Waals surface area contributed by atoms with E-state index in [-0.39, 0.29) is 24.7 Å². The summed E-state index contributed by atoms with van der Waals surface area (Å²) in [6, 6.07) is 24.3. The van der Waals surface area contributed by atoms with Gasteiger partial charge >= 0.3 is 5.97 Å². The number of rotatable bonds is 9. The van der Waals surface area contributed by atoms with Gasteiger partial charge in [-0.2, -0.15) is 0 Å². The van der Waals surface area contributed by atoms with Gasteiger partial charge in [0.1, 0.15) is 6.04 Å². The van der Waals surface area contributed by atoms with Crippen molar-refractivity contribution in [2.45, 2.75) is 25.8 Å². The van der Waals surface area contributed by atoms with Crippen molar-refractivity contribution in [1.82, 2.24) is 5.32 Å². The summed E-state index contributed by atoms with van der Waals surface area (Å²) in [6.07, 6.45) is 1.14. The van der Waals surface area contributed by atoms with Gasteiger partial charge < -0.3 is 10.1 Å². The van der Waals surface area contributed by atoms with Crippen LogP contribution in [0.25, 0.3) is 0 Å². The van der Waals surface area contributed by atoms with Crippen molar-refractivity contribution in [3.05, 3.63) is 107 Å². The first-order valence-electron chi connectivity index (χ1n) is 10.3. The quantitative estimate of drug-likeness (QED) is 0.423. The minimum Gasteiger partial charge on any atom is -0.456 e. The van der Waals surface area contributed by atoms with Gasteiger partial charge in [-0.1, -0.05) is 79.7 Å².